The van der Waals surface area contributed by atoms with Crippen LogP contribution >= 0.6 is 0 Å². The molecule has 0 saturated carbocycles. The maximum atomic E-state index is 12.3. The standard InChI is InChI=1S/C16H24F3NO/c1-3-20-14(11-8-12-16(17,18)19)15(21-4-2)13-9-6-5-7-10-13/h5-7,9-10,14-15,20H,3-4,8,11-12H2,1-2H3. The van der Waals surface area contributed by atoms with E-state index in [2.05, 4.69) is 5.32 Å². The van der Waals surface area contributed by atoms with Crippen molar-refractivity contribution in [3.05, 3.63) is 35.9 Å². The zero-order chi connectivity index (χ0) is 15.7. The highest BCUT2D eigenvalue weighted by Gasteiger charge is 2.28. The normalized spacial score (nSPS) is 14.9. The van der Waals surface area contributed by atoms with Gasteiger partial charge in [-0.1, -0.05) is 37.3 Å². The smallest absolute Gasteiger partial charge is 0.372 e. The fourth-order valence-electron chi connectivity index (χ4n) is 2.41. The molecule has 21 heavy (non-hydrogen) atoms. The second kappa shape index (κ2) is 9.05. The summed E-state index contributed by atoms with van der Waals surface area (Å²) in [5.74, 6) is 0. The van der Waals surface area contributed by atoms with Crippen LogP contribution < -0.4 is 5.32 Å². The van der Waals surface area contributed by atoms with Crippen molar-refractivity contribution in [1.29, 1.82) is 0 Å². The zero-order valence-corrected chi connectivity index (χ0v) is 12.6. The molecule has 120 valence electrons. The molecule has 0 aliphatic heterocycles. The predicted molar refractivity (Wildman–Crippen MR) is 78.2 cm³/mol. The molecule has 0 bridgehead atoms. The lowest BCUT2D eigenvalue weighted by Crippen LogP contribution is -2.36. The highest BCUT2D eigenvalue weighted by Crippen LogP contribution is 2.27. The van der Waals surface area contributed by atoms with Gasteiger partial charge in [0, 0.05) is 19.1 Å². The van der Waals surface area contributed by atoms with E-state index in [9.17, 15) is 13.2 Å². The molecular weight excluding hydrogens is 279 g/mol. The Labute approximate surface area is 124 Å². The molecule has 2 atom stereocenters. The Balaban J connectivity index is 2.73. The third kappa shape index (κ3) is 6.96. The minimum absolute atomic E-state index is 0.109. The topological polar surface area (TPSA) is 21.3 Å². The summed E-state index contributed by atoms with van der Waals surface area (Å²) in [6.45, 7) is 5.08. The molecule has 0 aliphatic rings. The van der Waals surface area contributed by atoms with E-state index in [1.165, 1.54) is 0 Å². The first kappa shape index (κ1) is 18.0. The molecule has 0 spiro atoms. The van der Waals surface area contributed by atoms with Gasteiger partial charge in [-0.15, -0.1) is 0 Å². The van der Waals surface area contributed by atoms with Crippen LogP contribution in [0.3, 0.4) is 0 Å². The lowest BCUT2D eigenvalue weighted by molar-refractivity contribution is -0.136. The molecule has 0 aromatic heterocycles. The molecule has 1 aromatic carbocycles. The van der Waals surface area contributed by atoms with Crippen molar-refractivity contribution in [2.75, 3.05) is 13.2 Å². The molecule has 0 heterocycles. The van der Waals surface area contributed by atoms with Crippen LogP contribution in [0.15, 0.2) is 30.3 Å². The largest absolute Gasteiger partial charge is 0.389 e. The van der Waals surface area contributed by atoms with Gasteiger partial charge < -0.3 is 10.1 Å². The average Bonchev–Trinajstić information content (AvgIpc) is 2.44. The maximum Gasteiger partial charge on any atom is 0.389 e. The highest BCUT2D eigenvalue weighted by atomic mass is 19.4. The fraction of sp³-hybridized carbons (Fsp3) is 0.625. The van der Waals surface area contributed by atoms with E-state index in [1.807, 2.05) is 44.2 Å². The summed E-state index contributed by atoms with van der Waals surface area (Å²) in [5.41, 5.74) is 0.998. The number of nitrogens with one attached hydrogen (secondary N) is 1. The van der Waals surface area contributed by atoms with E-state index in [-0.39, 0.29) is 18.6 Å². The van der Waals surface area contributed by atoms with Crippen LogP contribution in [0.5, 0.6) is 0 Å². The minimum atomic E-state index is -4.09. The molecule has 0 saturated heterocycles. The van der Waals surface area contributed by atoms with Crippen LogP contribution in [0.2, 0.25) is 0 Å². The van der Waals surface area contributed by atoms with E-state index < -0.39 is 12.6 Å². The molecule has 1 aromatic rings. The number of rotatable bonds is 9. The number of hydrogen-bond acceptors (Lipinski definition) is 2. The van der Waals surface area contributed by atoms with Crippen molar-refractivity contribution in [1.82, 2.24) is 5.32 Å². The molecule has 1 rings (SSSR count). The van der Waals surface area contributed by atoms with Crippen molar-refractivity contribution in [2.45, 2.75) is 51.4 Å². The monoisotopic (exact) mass is 303 g/mol. The Morgan fingerprint density at radius 2 is 1.81 bits per heavy atom. The first-order chi connectivity index (χ1) is 9.98. The number of likely N-dealkylation sites (N-methyl/N-ethyl adjacent to an activating group) is 1. The molecule has 0 fully saturated rings. The molecule has 2 nitrogen and oxygen atoms in total. The van der Waals surface area contributed by atoms with Crippen LogP contribution in [0.25, 0.3) is 0 Å². The molecular formula is C16H24F3NO. The van der Waals surface area contributed by atoms with E-state index >= 15 is 0 Å². The van der Waals surface area contributed by atoms with Gasteiger partial charge in [0.1, 0.15) is 0 Å². The van der Waals surface area contributed by atoms with Crippen LogP contribution in [0.4, 0.5) is 13.2 Å². The summed E-state index contributed by atoms with van der Waals surface area (Å²) in [6, 6.07) is 9.54. The lowest BCUT2D eigenvalue weighted by Gasteiger charge is -2.28. The Morgan fingerprint density at radius 3 is 2.33 bits per heavy atom. The van der Waals surface area contributed by atoms with E-state index in [4.69, 9.17) is 4.74 Å². The first-order valence-corrected chi connectivity index (χ1v) is 7.44. The Morgan fingerprint density at radius 1 is 1.14 bits per heavy atom. The average molecular weight is 303 g/mol. The van der Waals surface area contributed by atoms with Crippen LogP contribution in [0.1, 0.15) is 44.8 Å². The van der Waals surface area contributed by atoms with Crippen molar-refractivity contribution in [3.8, 4) is 0 Å². The molecule has 2 unspecified atom stereocenters. The Hall–Kier alpha value is -1.07. The fourth-order valence-corrected chi connectivity index (χ4v) is 2.41. The van der Waals surface area contributed by atoms with Crippen molar-refractivity contribution >= 4 is 0 Å². The number of alkyl halides is 3. The van der Waals surface area contributed by atoms with Gasteiger partial charge in [0.15, 0.2) is 0 Å². The summed E-state index contributed by atoms with van der Waals surface area (Å²) in [4.78, 5) is 0. The SMILES string of the molecule is CCNC(CCCC(F)(F)F)C(OCC)c1ccccc1. The lowest BCUT2D eigenvalue weighted by atomic mass is 9.97. The van der Waals surface area contributed by atoms with Gasteiger partial charge in [0.05, 0.1) is 6.10 Å². The first-order valence-electron chi connectivity index (χ1n) is 7.44. The Bertz CT molecular complexity index is 381. The molecule has 5 heteroatoms. The second-order valence-corrected chi connectivity index (χ2v) is 4.96. The van der Waals surface area contributed by atoms with Gasteiger partial charge in [-0.25, -0.2) is 0 Å². The third-order valence-electron chi connectivity index (χ3n) is 3.28. The van der Waals surface area contributed by atoms with Gasteiger partial charge in [-0.3, -0.25) is 0 Å². The summed E-state index contributed by atoms with van der Waals surface area (Å²) >= 11 is 0. The highest BCUT2D eigenvalue weighted by molar-refractivity contribution is 5.19. The zero-order valence-electron chi connectivity index (χ0n) is 12.6. The summed E-state index contributed by atoms with van der Waals surface area (Å²) in [7, 11) is 0. The van der Waals surface area contributed by atoms with Gasteiger partial charge in [0.2, 0.25) is 0 Å². The van der Waals surface area contributed by atoms with Crippen LogP contribution in [0, 0.1) is 0 Å². The van der Waals surface area contributed by atoms with Gasteiger partial charge in [-0.2, -0.15) is 13.2 Å². The quantitative estimate of drug-likeness (QED) is 0.726. The molecule has 0 aliphatic carbocycles. The van der Waals surface area contributed by atoms with Crippen LogP contribution in [-0.4, -0.2) is 25.4 Å². The summed E-state index contributed by atoms with van der Waals surface area (Å²) < 4.78 is 42.7. The molecule has 1 N–H and O–H groups in total. The summed E-state index contributed by atoms with van der Waals surface area (Å²) in [6.07, 6.45) is -4.51. The second-order valence-electron chi connectivity index (χ2n) is 4.96. The van der Waals surface area contributed by atoms with E-state index in [1.54, 1.807) is 0 Å². The maximum absolute atomic E-state index is 12.3. The van der Waals surface area contributed by atoms with E-state index in [0.29, 0.717) is 19.6 Å². The van der Waals surface area contributed by atoms with Crippen molar-refractivity contribution < 1.29 is 17.9 Å². The number of benzene rings is 1. The number of ether oxygens (including phenoxy) is 1. The minimum Gasteiger partial charge on any atom is -0.372 e. The van der Waals surface area contributed by atoms with Gasteiger partial charge >= 0.3 is 6.18 Å². The van der Waals surface area contributed by atoms with Crippen molar-refractivity contribution in [3.63, 3.8) is 0 Å². The summed E-state index contributed by atoms with van der Waals surface area (Å²) in [5, 5.41) is 3.26. The Kier molecular flexibility index (Phi) is 7.75. The van der Waals surface area contributed by atoms with Gasteiger partial charge in [-0.05, 0) is 31.9 Å². The number of hydrogen-bond donors (Lipinski definition) is 1. The van der Waals surface area contributed by atoms with Gasteiger partial charge in [0.25, 0.3) is 0 Å². The van der Waals surface area contributed by atoms with E-state index in [0.717, 1.165) is 5.56 Å². The molecule has 0 amide bonds. The van der Waals surface area contributed by atoms with Crippen molar-refractivity contribution in [2.24, 2.45) is 0 Å². The van der Waals surface area contributed by atoms with Crippen LogP contribution in [-0.2, 0) is 4.74 Å². The number of halogens is 3. The molecule has 0 radical (unpaired) electrons. The third-order valence-corrected chi connectivity index (χ3v) is 3.28. The predicted octanol–water partition coefficient (Wildman–Crippen LogP) is 4.47.